The van der Waals surface area contributed by atoms with Gasteiger partial charge in [-0.25, -0.2) is 14.4 Å². The molecule has 1 amide bonds. The lowest BCUT2D eigenvalue weighted by molar-refractivity contribution is -0.164. The van der Waals surface area contributed by atoms with Gasteiger partial charge in [-0.1, -0.05) is 58.8 Å². The summed E-state index contributed by atoms with van der Waals surface area (Å²) < 4.78 is 6.09. The highest BCUT2D eigenvalue weighted by molar-refractivity contribution is 5.90. The van der Waals surface area contributed by atoms with E-state index in [1.54, 1.807) is 20.8 Å². The number of amides is 1. The molecule has 1 aromatic rings. The third-order valence-corrected chi connectivity index (χ3v) is 6.18. The summed E-state index contributed by atoms with van der Waals surface area (Å²) in [5.41, 5.74) is -1.51. The third-order valence-electron chi connectivity index (χ3n) is 6.18. The van der Waals surface area contributed by atoms with E-state index < -0.39 is 46.4 Å². The highest BCUT2D eigenvalue weighted by Gasteiger charge is 2.37. The van der Waals surface area contributed by atoms with Crippen LogP contribution in [0.3, 0.4) is 0 Å². The Morgan fingerprint density at radius 3 is 2.15 bits per heavy atom. The maximum absolute atomic E-state index is 13.3. The number of esters is 1. The Hall–Kier alpha value is -2.65. The number of H-pyrrole nitrogens is 2. The van der Waals surface area contributed by atoms with E-state index in [-0.39, 0.29) is 5.92 Å². The molecule has 0 bridgehead atoms. The minimum atomic E-state index is -1.06. The molecule has 0 aliphatic heterocycles. The second-order valence-corrected chi connectivity index (χ2v) is 10.8. The highest BCUT2D eigenvalue weighted by Crippen LogP contribution is 2.32. The van der Waals surface area contributed by atoms with Crippen LogP contribution in [0.4, 0.5) is 0 Å². The van der Waals surface area contributed by atoms with Gasteiger partial charge in [0, 0.05) is 0 Å². The van der Waals surface area contributed by atoms with Gasteiger partial charge >= 0.3 is 23.0 Å². The summed E-state index contributed by atoms with van der Waals surface area (Å²) in [5, 5.41) is 0. The summed E-state index contributed by atoms with van der Waals surface area (Å²) in [4.78, 5) is 65.8. The Balaban J connectivity index is 2.28. The zero-order chi connectivity index (χ0) is 25.5. The molecule has 1 aliphatic rings. The number of carbonyl (C=O) groups is 2. The van der Waals surface area contributed by atoms with Gasteiger partial charge < -0.3 is 4.74 Å². The predicted molar refractivity (Wildman–Crippen MR) is 129 cm³/mol. The molecule has 1 heterocycles. The zero-order valence-electron chi connectivity index (χ0n) is 21.1. The van der Waals surface area contributed by atoms with Gasteiger partial charge in [0.2, 0.25) is 5.91 Å². The first-order chi connectivity index (χ1) is 15.9. The Morgan fingerprint density at radius 2 is 1.62 bits per heavy atom. The van der Waals surface area contributed by atoms with Crippen LogP contribution in [0, 0.1) is 23.7 Å². The summed E-state index contributed by atoms with van der Waals surface area (Å²) in [6.45, 7) is 9.21. The highest BCUT2D eigenvalue weighted by atomic mass is 16.6. The van der Waals surface area contributed by atoms with Gasteiger partial charge in [0.15, 0.2) is 0 Å². The lowest BCUT2D eigenvalue weighted by Gasteiger charge is -2.30. The number of ether oxygens (including phenoxy) is 1. The van der Waals surface area contributed by atoms with E-state index in [4.69, 9.17) is 4.74 Å². The number of aromatic amines is 2. The van der Waals surface area contributed by atoms with Crippen LogP contribution in [0.2, 0.25) is 0 Å². The van der Waals surface area contributed by atoms with Crippen molar-refractivity contribution in [1.82, 2.24) is 14.6 Å². The van der Waals surface area contributed by atoms with Crippen LogP contribution in [0.5, 0.6) is 0 Å². The molecule has 10 heteroatoms. The minimum absolute atomic E-state index is 0.0737. The monoisotopic (exact) mass is 480 g/mol. The van der Waals surface area contributed by atoms with Crippen molar-refractivity contribution in [3.63, 3.8) is 0 Å². The van der Waals surface area contributed by atoms with Crippen LogP contribution in [0.15, 0.2) is 14.4 Å². The fourth-order valence-corrected chi connectivity index (χ4v) is 4.65. The molecule has 1 fully saturated rings. The molecule has 10 nitrogen and oxygen atoms in total. The third kappa shape index (κ3) is 8.61. The van der Waals surface area contributed by atoms with Crippen molar-refractivity contribution in [2.75, 3.05) is 5.43 Å². The van der Waals surface area contributed by atoms with Crippen molar-refractivity contribution in [3.05, 3.63) is 31.5 Å². The molecule has 1 aromatic heterocycles. The quantitative estimate of drug-likeness (QED) is 0.439. The van der Waals surface area contributed by atoms with E-state index in [0.717, 1.165) is 12.8 Å². The van der Waals surface area contributed by atoms with E-state index in [2.05, 4.69) is 5.43 Å². The summed E-state index contributed by atoms with van der Waals surface area (Å²) >= 11 is 0. The van der Waals surface area contributed by atoms with Crippen LogP contribution < -0.4 is 22.5 Å². The van der Waals surface area contributed by atoms with Crippen LogP contribution in [0.1, 0.15) is 92.4 Å². The largest absolute Gasteiger partial charge is 0.460 e. The first-order valence-corrected chi connectivity index (χ1v) is 12.4. The molecule has 0 unspecified atom stereocenters. The zero-order valence-corrected chi connectivity index (χ0v) is 21.1. The fraction of sp³-hybridized carbons (Fsp3) is 0.792. The van der Waals surface area contributed by atoms with Crippen molar-refractivity contribution in [2.45, 2.75) is 98.0 Å². The number of aromatic nitrogens is 3. The van der Waals surface area contributed by atoms with Crippen LogP contribution in [0.25, 0.3) is 0 Å². The van der Waals surface area contributed by atoms with Crippen molar-refractivity contribution < 1.29 is 14.3 Å². The number of carbonyl (C=O) groups excluding carboxylic acids is 2. The second-order valence-electron chi connectivity index (χ2n) is 10.8. The van der Waals surface area contributed by atoms with Gasteiger partial charge in [-0.3, -0.25) is 25.0 Å². The normalized spacial score (nSPS) is 16.8. The molecule has 2 atom stereocenters. The number of hydrogen-bond donors (Lipinski definition) is 3. The number of rotatable bonds is 10. The Bertz CT molecular complexity index is 960. The van der Waals surface area contributed by atoms with Gasteiger partial charge in [-0.2, -0.15) is 0 Å². The first-order valence-electron chi connectivity index (χ1n) is 12.4. The Labute approximate surface area is 199 Å². The van der Waals surface area contributed by atoms with E-state index in [1.165, 1.54) is 32.1 Å². The molecule has 0 aromatic carbocycles. The molecule has 34 heavy (non-hydrogen) atoms. The maximum Gasteiger partial charge on any atom is 0.353 e. The lowest BCUT2D eigenvalue weighted by Crippen LogP contribution is -2.51. The van der Waals surface area contributed by atoms with Crippen molar-refractivity contribution in [3.8, 4) is 0 Å². The van der Waals surface area contributed by atoms with Gasteiger partial charge in [0.05, 0.1) is 11.8 Å². The van der Waals surface area contributed by atoms with Gasteiger partial charge in [-0.15, -0.1) is 4.68 Å². The molecule has 3 N–H and O–H groups in total. The number of hydrogen-bond acceptors (Lipinski definition) is 6. The summed E-state index contributed by atoms with van der Waals surface area (Å²) in [6, 6.07) is 0. The minimum Gasteiger partial charge on any atom is -0.460 e. The molecule has 0 saturated heterocycles. The van der Waals surface area contributed by atoms with E-state index in [9.17, 15) is 24.0 Å². The molecular formula is C24H40N4O6. The standard InChI is InChI=1S/C24H40N4O6/c1-15(2)14-18(19(29)27-28-22(32)25-21(31)26-23(28)33)17(20(30)34-24(3,4)5)13-9-12-16-10-7-6-8-11-16/h15-18H,6-14H2,1-5H3,(H,27,29)(H2,25,26,31,32,33)/t17-,18+/m0/s1. The van der Waals surface area contributed by atoms with Gasteiger partial charge in [-0.05, 0) is 45.4 Å². The van der Waals surface area contributed by atoms with Gasteiger partial charge in [0.1, 0.15) is 5.60 Å². The molecule has 2 rings (SSSR count). The predicted octanol–water partition coefficient (Wildman–Crippen LogP) is 2.67. The molecule has 1 aliphatic carbocycles. The average Bonchev–Trinajstić information content (AvgIpc) is 2.71. The number of nitrogens with zero attached hydrogens (tertiary/aromatic N) is 1. The second kappa shape index (κ2) is 12.2. The smallest absolute Gasteiger partial charge is 0.353 e. The number of nitrogens with one attached hydrogen (secondary N) is 3. The average molecular weight is 481 g/mol. The van der Waals surface area contributed by atoms with Crippen LogP contribution >= 0.6 is 0 Å². The molecule has 192 valence electrons. The topological polar surface area (TPSA) is 143 Å². The van der Waals surface area contributed by atoms with Crippen LogP contribution in [-0.4, -0.2) is 32.1 Å². The van der Waals surface area contributed by atoms with Crippen molar-refractivity contribution in [2.24, 2.45) is 23.7 Å². The van der Waals surface area contributed by atoms with Crippen molar-refractivity contribution >= 4 is 11.9 Å². The SMILES string of the molecule is CC(C)C[C@@H](C(=O)Nn1c(=O)[nH]c(=O)[nH]c1=O)[C@H](CCCC1CCCCC1)C(=O)OC(C)(C)C. The summed E-state index contributed by atoms with van der Waals surface area (Å²) in [6.07, 6.45) is 8.78. The van der Waals surface area contributed by atoms with E-state index >= 15 is 0 Å². The summed E-state index contributed by atoms with van der Waals surface area (Å²) in [7, 11) is 0. The lowest BCUT2D eigenvalue weighted by atomic mass is 9.79. The van der Waals surface area contributed by atoms with Gasteiger partial charge in [0.25, 0.3) is 0 Å². The molecular weight excluding hydrogens is 440 g/mol. The Kier molecular flexibility index (Phi) is 9.88. The molecule has 0 spiro atoms. The fourth-order valence-electron chi connectivity index (χ4n) is 4.65. The Morgan fingerprint density at radius 1 is 1.03 bits per heavy atom. The first kappa shape index (κ1) is 27.6. The van der Waals surface area contributed by atoms with Crippen molar-refractivity contribution in [1.29, 1.82) is 0 Å². The van der Waals surface area contributed by atoms with Crippen LogP contribution in [-0.2, 0) is 14.3 Å². The molecule has 0 radical (unpaired) electrons. The maximum atomic E-state index is 13.3. The summed E-state index contributed by atoms with van der Waals surface area (Å²) in [5.74, 6) is -1.91. The van der Waals surface area contributed by atoms with E-state index in [0.29, 0.717) is 23.4 Å². The van der Waals surface area contributed by atoms with E-state index in [1.807, 2.05) is 23.8 Å². The molecule has 1 saturated carbocycles.